The summed E-state index contributed by atoms with van der Waals surface area (Å²) in [6.07, 6.45) is 0.423. The van der Waals surface area contributed by atoms with Gasteiger partial charge < -0.3 is 10.1 Å². The van der Waals surface area contributed by atoms with Crippen LogP contribution in [0.25, 0.3) is 0 Å². The molecule has 9 nitrogen and oxygen atoms in total. The van der Waals surface area contributed by atoms with Crippen molar-refractivity contribution in [1.82, 2.24) is 15.3 Å². The smallest absolute Gasteiger partial charge is 0.414 e. The number of carbonyl (C=O) groups is 4. The van der Waals surface area contributed by atoms with Gasteiger partial charge in [0, 0.05) is 11.8 Å². The van der Waals surface area contributed by atoms with Crippen molar-refractivity contribution in [2.24, 2.45) is 5.41 Å². The number of hydrogen-bond acceptors (Lipinski definition) is 8. The molecule has 0 aliphatic rings. The molecular formula is C19H22N4O5S. The maximum Gasteiger partial charge on any atom is 0.414 e. The first-order chi connectivity index (χ1) is 13.6. The summed E-state index contributed by atoms with van der Waals surface area (Å²) in [5.74, 6) is -1.28. The van der Waals surface area contributed by atoms with Crippen molar-refractivity contribution in [2.45, 2.75) is 34.1 Å². The van der Waals surface area contributed by atoms with Gasteiger partial charge >= 0.3 is 6.09 Å². The zero-order valence-corrected chi connectivity index (χ0v) is 17.4. The summed E-state index contributed by atoms with van der Waals surface area (Å²) >= 11 is 1.12. The topological polar surface area (TPSA) is 127 Å². The molecule has 0 bridgehead atoms. The highest BCUT2D eigenvalue weighted by Crippen LogP contribution is 2.24. The molecule has 0 aliphatic carbocycles. The molecule has 154 valence electrons. The molecule has 0 radical (unpaired) electrons. The van der Waals surface area contributed by atoms with Crippen molar-refractivity contribution in [1.29, 1.82) is 0 Å². The molecule has 2 aromatic heterocycles. The van der Waals surface area contributed by atoms with Crippen LogP contribution in [0.2, 0.25) is 0 Å². The lowest BCUT2D eigenvalue weighted by molar-refractivity contribution is -0.125. The summed E-state index contributed by atoms with van der Waals surface area (Å²) in [6, 6.07) is 2.91. The summed E-state index contributed by atoms with van der Waals surface area (Å²) < 4.78 is 4.67. The van der Waals surface area contributed by atoms with Crippen molar-refractivity contribution in [2.75, 3.05) is 11.9 Å². The quantitative estimate of drug-likeness (QED) is 0.738. The Balaban J connectivity index is 2.11. The zero-order chi connectivity index (χ0) is 21.6. The minimum atomic E-state index is -0.870. The van der Waals surface area contributed by atoms with Gasteiger partial charge in [-0.2, -0.15) is 0 Å². The largest absolute Gasteiger partial charge is 0.450 e. The molecule has 0 spiro atoms. The van der Waals surface area contributed by atoms with E-state index in [9.17, 15) is 19.2 Å². The lowest BCUT2D eigenvalue weighted by atomic mass is 9.88. The monoisotopic (exact) mass is 418 g/mol. The van der Waals surface area contributed by atoms with Gasteiger partial charge in [0.15, 0.2) is 0 Å². The Hall–Kier alpha value is -3.14. The van der Waals surface area contributed by atoms with Crippen LogP contribution in [0.3, 0.4) is 0 Å². The lowest BCUT2D eigenvalue weighted by Crippen LogP contribution is -2.31. The van der Waals surface area contributed by atoms with E-state index in [2.05, 4.69) is 25.3 Å². The highest BCUT2D eigenvalue weighted by atomic mass is 32.1. The summed E-state index contributed by atoms with van der Waals surface area (Å²) in [5, 5.41) is 6.52. The number of thiophene rings is 1. The molecule has 29 heavy (non-hydrogen) atoms. The van der Waals surface area contributed by atoms with Crippen LogP contribution < -0.4 is 10.6 Å². The third kappa shape index (κ3) is 6.18. The summed E-state index contributed by atoms with van der Waals surface area (Å²) in [6.45, 7) is 7.17. The Kier molecular flexibility index (Phi) is 7.16. The van der Waals surface area contributed by atoms with E-state index in [1.807, 2.05) is 20.8 Å². The fourth-order valence-electron chi connectivity index (χ4n) is 2.13. The number of nitrogens with zero attached hydrogens (tertiary/aromatic N) is 2. The lowest BCUT2D eigenvalue weighted by Gasteiger charge is -2.16. The number of aromatic nitrogens is 2. The van der Waals surface area contributed by atoms with Crippen LogP contribution in [0.5, 0.6) is 0 Å². The molecule has 0 aliphatic heterocycles. The van der Waals surface area contributed by atoms with Gasteiger partial charge in [0.2, 0.25) is 0 Å². The van der Waals surface area contributed by atoms with Gasteiger partial charge in [-0.15, -0.1) is 11.3 Å². The number of amides is 3. The van der Waals surface area contributed by atoms with Crippen LogP contribution >= 0.6 is 11.3 Å². The fraction of sp³-hybridized carbons (Fsp3) is 0.368. The highest BCUT2D eigenvalue weighted by Gasteiger charge is 2.23. The third-order valence-electron chi connectivity index (χ3n) is 3.76. The van der Waals surface area contributed by atoms with E-state index in [1.54, 1.807) is 12.3 Å². The van der Waals surface area contributed by atoms with Gasteiger partial charge in [0.05, 0.1) is 17.9 Å². The molecule has 2 N–H and O–H groups in total. The fourth-order valence-corrected chi connectivity index (χ4v) is 2.91. The van der Waals surface area contributed by atoms with Crippen molar-refractivity contribution >= 4 is 40.0 Å². The summed E-state index contributed by atoms with van der Waals surface area (Å²) in [4.78, 5) is 56.3. The van der Waals surface area contributed by atoms with Crippen molar-refractivity contribution < 1.29 is 23.9 Å². The van der Waals surface area contributed by atoms with Crippen molar-refractivity contribution in [3.8, 4) is 0 Å². The van der Waals surface area contributed by atoms with Gasteiger partial charge in [-0.1, -0.05) is 20.8 Å². The second kappa shape index (κ2) is 9.37. The number of ketones is 1. The number of hydrogen-bond donors (Lipinski definition) is 2. The maximum atomic E-state index is 12.5. The molecule has 0 atom stereocenters. The predicted molar refractivity (Wildman–Crippen MR) is 107 cm³/mol. The van der Waals surface area contributed by atoms with E-state index in [-0.39, 0.29) is 35.1 Å². The number of anilines is 1. The molecule has 2 aromatic rings. The molecular weight excluding hydrogens is 396 g/mol. The molecule has 0 saturated carbocycles. The number of nitrogens with one attached hydrogen (secondary N) is 2. The van der Waals surface area contributed by atoms with Crippen LogP contribution in [0.15, 0.2) is 23.8 Å². The molecule has 0 unspecified atom stereocenters. The van der Waals surface area contributed by atoms with Gasteiger partial charge in [-0.05, 0) is 24.4 Å². The average Bonchev–Trinajstić information content (AvgIpc) is 3.09. The first-order valence-corrected chi connectivity index (χ1v) is 9.71. The normalized spacial score (nSPS) is 10.9. The van der Waals surface area contributed by atoms with E-state index < -0.39 is 23.3 Å². The minimum absolute atomic E-state index is 0.0151. The molecule has 10 heteroatoms. The van der Waals surface area contributed by atoms with E-state index in [4.69, 9.17) is 0 Å². The zero-order valence-electron chi connectivity index (χ0n) is 16.6. The highest BCUT2D eigenvalue weighted by molar-refractivity contribution is 7.14. The molecule has 3 amide bonds. The van der Waals surface area contributed by atoms with Crippen LogP contribution in [0.4, 0.5) is 9.80 Å². The Labute approximate surface area is 171 Å². The van der Waals surface area contributed by atoms with Gasteiger partial charge in [0.25, 0.3) is 11.8 Å². The second-order valence-corrected chi connectivity index (χ2v) is 7.95. The van der Waals surface area contributed by atoms with Gasteiger partial charge in [0.1, 0.15) is 22.8 Å². The number of Topliss-reactive ketones (excluding diaryl/α,β-unsaturated/α-hetero) is 1. The Morgan fingerprint density at radius 2 is 1.86 bits per heavy atom. The number of alkyl carbamates (subject to hydrolysis) is 1. The minimum Gasteiger partial charge on any atom is -0.450 e. The van der Waals surface area contributed by atoms with E-state index >= 15 is 0 Å². The Morgan fingerprint density at radius 3 is 2.52 bits per heavy atom. The second-order valence-electron chi connectivity index (χ2n) is 7.04. The summed E-state index contributed by atoms with van der Waals surface area (Å²) in [5.41, 5.74) is 0.0814. The van der Waals surface area contributed by atoms with Crippen molar-refractivity contribution in [3.63, 3.8) is 0 Å². The molecule has 0 fully saturated rings. The molecule has 2 heterocycles. The number of carbonyl (C=O) groups excluding carboxylic acids is 4. The Bertz CT molecular complexity index is 933. The van der Waals surface area contributed by atoms with Crippen molar-refractivity contribution in [3.05, 3.63) is 40.8 Å². The third-order valence-corrected chi connectivity index (χ3v) is 4.59. The maximum absolute atomic E-state index is 12.5. The molecule has 0 aromatic carbocycles. The predicted octanol–water partition coefficient (Wildman–Crippen LogP) is 2.83. The first-order valence-electron chi connectivity index (χ1n) is 8.83. The van der Waals surface area contributed by atoms with Crippen LogP contribution in [-0.2, 0) is 16.0 Å². The summed E-state index contributed by atoms with van der Waals surface area (Å²) in [7, 11) is 0. The number of imide groups is 1. The first kappa shape index (κ1) is 22.2. The SMILES string of the molecule is CCOC(=O)NC(=O)c1ccsc1NC(=O)c1cc(CC(=O)C(C)(C)C)ncn1. The number of rotatable bonds is 6. The molecule has 0 saturated heterocycles. The Morgan fingerprint density at radius 1 is 1.14 bits per heavy atom. The standard InChI is InChI=1S/C19H22N4O5S/c1-5-28-18(27)23-15(25)12-6-7-29-17(12)22-16(26)13-8-11(20-10-21-13)9-14(24)19(2,3)4/h6-8,10H,5,9H2,1-4H3,(H,22,26)(H,23,25,27). The van der Waals surface area contributed by atoms with E-state index in [0.29, 0.717) is 5.69 Å². The van der Waals surface area contributed by atoms with Gasteiger partial charge in [-0.3, -0.25) is 19.7 Å². The van der Waals surface area contributed by atoms with E-state index in [0.717, 1.165) is 11.3 Å². The number of ether oxygens (including phenoxy) is 1. The van der Waals surface area contributed by atoms with Crippen LogP contribution in [0.1, 0.15) is 54.2 Å². The van der Waals surface area contributed by atoms with Gasteiger partial charge in [-0.25, -0.2) is 14.8 Å². The van der Waals surface area contributed by atoms with E-state index in [1.165, 1.54) is 18.5 Å². The van der Waals surface area contributed by atoms with Crippen LogP contribution in [-0.4, -0.2) is 40.3 Å². The average molecular weight is 418 g/mol. The molecule has 2 rings (SSSR count). The van der Waals surface area contributed by atoms with Crippen LogP contribution in [0, 0.1) is 5.41 Å².